The zero-order valence-electron chi connectivity index (χ0n) is 7.31. The maximum atomic E-state index is 9.37. The van der Waals surface area contributed by atoms with Crippen LogP contribution in [0.3, 0.4) is 0 Å². The molecule has 0 fully saturated rings. The highest BCUT2D eigenvalue weighted by molar-refractivity contribution is 4.77. The highest BCUT2D eigenvalue weighted by Crippen LogP contribution is 2.26. The van der Waals surface area contributed by atoms with Crippen molar-refractivity contribution in [1.29, 1.82) is 0 Å². The van der Waals surface area contributed by atoms with Crippen molar-refractivity contribution in [2.45, 2.75) is 39.7 Å². The molecule has 0 amide bonds. The largest absolute Gasteiger partial charge is 0.396 e. The molecule has 0 spiro atoms. The summed E-state index contributed by atoms with van der Waals surface area (Å²) in [5, 5.41) is 18.2. The molecule has 2 nitrogen and oxygen atoms in total. The highest BCUT2D eigenvalue weighted by Gasteiger charge is 2.25. The van der Waals surface area contributed by atoms with Crippen LogP contribution in [0.25, 0.3) is 0 Å². The number of aliphatic hydroxyl groups is 2. The minimum Gasteiger partial charge on any atom is -0.396 e. The lowest BCUT2D eigenvalue weighted by atomic mass is 9.83. The van der Waals surface area contributed by atoms with Gasteiger partial charge in [-0.15, -0.1) is 0 Å². The van der Waals surface area contributed by atoms with Crippen molar-refractivity contribution in [3.8, 4) is 0 Å². The van der Waals surface area contributed by atoms with Crippen LogP contribution in [0.15, 0.2) is 0 Å². The van der Waals surface area contributed by atoms with E-state index in [4.69, 9.17) is 5.11 Å². The molecule has 0 aromatic heterocycles. The lowest BCUT2D eigenvalue weighted by Gasteiger charge is -2.29. The van der Waals surface area contributed by atoms with Crippen molar-refractivity contribution in [3.05, 3.63) is 0 Å². The SMILES string of the molecule is CC(C)(O)CC(C)(C)CO. The fraction of sp³-hybridized carbons (Fsp3) is 1.00. The number of aliphatic hydroxyl groups excluding tert-OH is 1. The van der Waals surface area contributed by atoms with Crippen LogP contribution in [0, 0.1) is 5.41 Å². The van der Waals surface area contributed by atoms with Gasteiger partial charge in [-0.1, -0.05) is 13.8 Å². The van der Waals surface area contributed by atoms with E-state index in [-0.39, 0.29) is 12.0 Å². The van der Waals surface area contributed by atoms with Gasteiger partial charge in [0.25, 0.3) is 0 Å². The standard InChI is InChI=1S/C8H18O2/c1-7(2,6-9)5-8(3,4)10/h9-10H,5-6H2,1-4H3. The topological polar surface area (TPSA) is 40.5 Å². The third-order valence-electron chi connectivity index (χ3n) is 1.34. The molecule has 0 saturated carbocycles. The molecule has 0 radical (unpaired) electrons. The van der Waals surface area contributed by atoms with Crippen LogP contribution in [0.4, 0.5) is 0 Å². The quantitative estimate of drug-likeness (QED) is 0.627. The lowest BCUT2D eigenvalue weighted by molar-refractivity contribution is 0.0116. The molecule has 0 aliphatic heterocycles. The van der Waals surface area contributed by atoms with Crippen molar-refractivity contribution < 1.29 is 10.2 Å². The molecule has 2 heteroatoms. The van der Waals surface area contributed by atoms with Gasteiger partial charge in [-0.25, -0.2) is 0 Å². The summed E-state index contributed by atoms with van der Waals surface area (Å²) in [6.45, 7) is 7.50. The Morgan fingerprint density at radius 1 is 1.10 bits per heavy atom. The molecule has 0 aromatic rings. The average molecular weight is 146 g/mol. The van der Waals surface area contributed by atoms with E-state index in [0.29, 0.717) is 6.42 Å². The smallest absolute Gasteiger partial charge is 0.0597 e. The fourth-order valence-corrected chi connectivity index (χ4v) is 1.23. The van der Waals surface area contributed by atoms with Gasteiger partial charge in [0.1, 0.15) is 0 Å². The van der Waals surface area contributed by atoms with Crippen LogP contribution in [-0.4, -0.2) is 22.4 Å². The molecule has 0 aromatic carbocycles. The first kappa shape index (κ1) is 9.92. The third-order valence-corrected chi connectivity index (χ3v) is 1.34. The molecule has 0 atom stereocenters. The van der Waals surface area contributed by atoms with E-state index in [0.717, 1.165) is 0 Å². The van der Waals surface area contributed by atoms with Crippen LogP contribution >= 0.6 is 0 Å². The van der Waals surface area contributed by atoms with Crippen LogP contribution in [-0.2, 0) is 0 Å². The summed E-state index contributed by atoms with van der Waals surface area (Å²) in [6, 6.07) is 0. The molecule has 0 saturated heterocycles. The predicted octanol–water partition coefficient (Wildman–Crippen LogP) is 1.17. The van der Waals surface area contributed by atoms with E-state index in [1.807, 2.05) is 13.8 Å². The van der Waals surface area contributed by atoms with Gasteiger partial charge >= 0.3 is 0 Å². The summed E-state index contributed by atoms with van der Waals surface area (Å²) < 4.78 is 0. The zero-order valence-corrected chi connectivity index (χ0v) is 7.31. The van der Waals surface area contributed by atoms with Gasteiger partial charge in [0.15, 0.2) is 0 Å². The van der Waals surface area contributed by atoms with Crippen molar-refractivity contribution in [2.75, 3.05) is 6.61 Å². The van der Waals surface area contributed by atoms with Crippen molar-refractivity contribution in [2.24, 2.45) is 5.41 Å². The van der Waals surface area contributed by atoms with E-state index in [1.165, 1.54) is 0 Å². The van der Waals surface area contributed by atoms with Crippen LogP contribution < -0.4 is 0 Å². The van der Waals surface area contributed by atoms with Gasteiger partial charge in [-0.05, 0) is 25.7 Å². The molecular formula is C8H18O2. The Morgan fingerprint density at radius 3 is 1.60 bits per heavy atom. The van der Waals surface area contributed by atoms with E-state index >= 15 is 0 Å². The van der Waals surface area contributed by atoms with Crippen molar-refractivity contribution >= 4 is 0 Å². The number of hydrogen-bond donors (Lipinski definition) is 2. The van der Waals surface area contributed by atoms with E-state index in [1.54, 1.807) is 13.8 Å². The Morgan fingerprint density at radius 2 is 1.50 bits per heavy atom. The molecule has 62 valence electrons. The van der Waals surface area contributed by atoms with Gasteiger partial charge in [0.05, 0.1) is 5.60 Å². The Balaban J connectivity index is 3.89. The monoisotopic (exact) mass is 146 g/mol. The zero-order chi connectivity index (χ0) is 8.41. The Bertz CT molecular complexity index is 100. The van der Waals surface area contributed by atoms with Gasteiger partial charge in [0, 0.05) is 6.61 Å². The van der Waals surface area contributed by atoms with Gasteiger partial charge in [-0.3, -0.25) is 0 Å². The first-order valence-corrected chi connectivity index (χ1v) is 3.60. The lowest BCUT2D eigenvalue weighted by Crippen LogP contribution is -2.30. The van der Waals surface area contributed by atoms with Gasteiger partial charge in [0.2, 0.25) is 0 Å². The van der Waals surface area contributed by atoms with E-state index < -0.39 is 5.60 Å². The molecule has 10 heavy (non-hydrogen) atoms. The van der Waals surface area contributed by atoms with Crippen molar-refractivity contribution in [1.82, 2.24) is 0 Å². The number of rotatable bonds is 3. The van der Waals surface area contributed by atoms with Gasteiger partial charge < -0.3 is 10.2 Å². The third kappa shape index (κ3) is 4.77. The van der Waals surface area contributed by atoms with Crippen LogP contribution in [0.5, 0.6) is 0 Å². The second-order valence-electron chi connectivity index (χ2n) is 4.31. The summed E-state index contributed by atoms with van der Waals surface area (Å²) in [6.07, 6.45) is 0.622. The molecule has 0 aliphatic carbocycles. The molecule has 0 aliphatic rings. The first-order valence-electron chi connectivity index (χ1n) is 3.60. The fourth-order valence-electron chi connectivity index (χ4n) is 1.23. The molecule has 2 N–H and O–H groups in total. The molecule has 0 heterocycles. The summed E-state index contributed by atoms with van der Waals surface area (Å²) in [5.74, 6) is 0. The minimum atomic E-state index is -0.674. The normalized spacial score (nSPS) is 13.8. The Kier molecular flexibility index (Phi) is 2.86. The first-order chi connectivity index (χ1) is 4.27. The summed E-state index contributed by atoms with van der Waals surface area (Å²) in [7, 11) is 0. The average Bonchev–Trinajstić information content (AvgIpc) is 1.60. The second-order valence-corrected chi connectivity index (χ2v) is 4.31. The van der Waals surface area contributed by atoms with E-state index in [2.05, 4.69) is 0 Å². The van der Waals surface area contributed by atoms with E-state index in [9.17, 15) is 5.11 Å². The second kappa shape index (κ2) is 2.89. The van der Waals surface area contributed by atoms with Crippen molar-refractivity contribution in [3.63, 3.8) is 0 Å². The minimum absolute atomic E-state index is 0.122. The van der Waals surface area contributed by atoms with Crippen LogP contribution in [0.1, 0.15) is 34.1 Å². The predicted molar refractivity (Wildman–Crippen MR) is 41.8 cm³/mol. The molecule has 0 unspecified atom stereocenters. The van der Waals surface area contributed by atoms with Gasteiger partial charge in [-0.2, -0.15) is 0 Å². The Labute approximate surface area is 62.9 Å². The Hall–Kier alpha value is -0.0800. The van der Waals surface area contributed by atoms with Crippen LogP contribution in [0.2, 0.25) is 0 Å². The number of hydrogen-bond acceptors (Lipinski definition) is 2. The summed E-state index contributed by atoms with van der Waals surface area (Å²) in [5.41, 5.74) is -0.843. The maximum absolute atomic E-state index is 9.37. The molecule has 0 bridgehead atoms. The summed E-state index contributed by atoms with van der Waals surface area (Å²) in [4.78, 5) is 0. The molecule has 0 rings (SSSR count). The highest BCUT2D eigenvalue weighted by atomic mass is 16.3. The molecular weight excluding hydrogens is 128 g/mol. The maximum Gasteiger partial charge on any atom is 0.0597 e. The summed E-state index contributed by atoms with van der Waals surface area (Å²) >= 11 is 0.